The maximum absolute atomic E-state index is 4.39. The van der Waals surface area contributed by atoms with Gasteiger partial charge < -0.3 is 20.1 Å². The van der Waals surface area contributed by atoms with Crippen molar-refractivity contribution in [3.63, 3.8) is 0 Å². The minimum Gasteiger partial charge on any atom is -0.354 e. The summed E-state index contributed by atoms with van der Waals surface area (Å²) in [5.41, 5.74) is 1.27. The molecule has 1 saturated carbocycles. The number of hydrogen-bond donors (Lipinski definition) is 2. The van der Waals surface area contributed by atoms with Crippen LogP contribution >= 0.6 is 0 Å². The molecule has 0 bridgehead atoms. The summed E-state index contributed by atoms with van der Waals surface area (Å²) in [5, 5.41) is 7.05. The van der Waals surface area contributed by atoms with E-state index in [0.717, 1.165) is 18.5 Å². The van der Waals surface area contributed by atoms with E-state index in [2.05, 4.69) is 50.5 Å². The molecule has 2 N–H and O–H groups in total. The van der Waals surface area contributed by atoms with Gasteiger partial charge in [0.15, 0.2) is 5.96 Å². The second-order valence-corrected chi connectivity index (χ2v) is 7.28. The summed E-state index contributed by atoms with van der Waals surface area (Å²) in [5.74, 6) is 0.923. The van der Waals surface area contributed by atoms with Gasteiger partial charge in [0.25, 0.3) is 0 Å². The van der Waals surface area contributed by atoms with Gasteiger partial charge in [-0.15, -0.1) is 0 Å². The summed E-state index contributed by atoms with van der Waals surface area (Å²) >= 11 is 0. The van der Waals surface area contributed by atoms with Crippen molar-refractivity contribution in [3.05, 3.63) is 24.0 Å². The molecule has 2 heterocycles. The van der Waals surface area contributed by atoms with Crippen LogP contribution in [0.1, 0.15) is 50.6 Å². The van der Waals surface area contributed by atoms with Crippen molar-refractivity contribution in [2.45, 2.75) is 63.6 Å². The topological polar surface area (TPSA) is 44.6 Å². The molecule has 1 aromatic rings. The molecule has 1 aromatic heterocycles. The fourth-order valence-electron chi connectivity index (χ4n) is 4.10. The van der Waals surface area contributed by atoms with E-state index in [1.165, 1.54) is 63.7 Å². The average molecular weight is 332 g/mol. The Morgan fingerprint density at radius 1 is 1.17 bits per heavy atom. The lowest BCUT2D eigenvalue weighted by atomic mass is 9.92. The van der Waals surface area contributed by atoms with Gasteiger partial charge in [0.2, 0.25) is 0 Å². The van der Waals surface area contributed by atoms with Crippen molar-refractivity contribution in [1.29, 1.82) is 0 Å². The molecule has 0 atom stereocenters. The lowest BCUT2D eigenvalue weighted by Gasteiger charge is -2.39. The number of likely N-dealkylation sites (tertiary alicyclic amines) is 1. The zero-order valence-electron chi connectivity index (χ0n) is 15.3. The highest BCUT2D eigenvalue weighted by atomic mass is 15.2. The van der Waals surface area contributed by atoms with Crippen molar-refractivity contribution < 1.29 is 0 Å². The molecular formula is C19H33N5. The Balaban J connectivity index is 1.41. The van der Waals surface area contributed by atoms with Gasteiger partial charge in [0.1, 0.15) is 0 Å². The van der Waals surface area contributed by atoms with E-state index in [1.807, 2.05) is 7.05 Å². The average Bonchev–Trinajstić information content (AvgIpc) is 3.05. The molecule has 0 unspecified atom stereocenters. The van der Waals surface area contributed by atoms with Crippen LogP contribution in [-0.2, 0) is 13.6 Å². The van der Waals surface area contributed by atoms with Crippen LogP contribution in [0.5, 0.6) is 0 Å². The van der Waals surface area contributed by atoms with Crippen LogP contribution in [0, 0.1) is 0 Å². The predicted octanol–water partition coefficient (Wildman–Crippen LogP) is 2.49. The van der Waals surface area contributed by atoms with Crippen LogP contribution in [0.4, 0.5) is 0 Å². The number of piperidine rings is 1. The first-order chi connectivity index (χ1) is 11.8. The monoisotopic (exact) mass is 331 g/mol. The Labute approximate surface area is 146 Å². The molecule has 5 nitrogen and oxygen atoms in total. The lowest BCUT2D eigenvalue weighted by molar-refractivity contribution is 0.119. The second kappa shape index (κ2) is 8.56. The lowest BCUT2D eigenvalue weighted by Crippen LogP contribution is -2.50. The summed E-state index contributed by atoms with van der Waals surface area (Å²) in [6.45, 7) is 3.28. The largest absolute Gasteiger partial charge is 0.354 e. The van der Waals surface area contributed by atoms with E-state index in [-0.39, 0.29) is 0 Å². The fraction of sp³-hybridized carbons (Fsp3) is 0.737. The zero-order chi connectivity index (χ0) is 16.8. The van der Waals surface area contributed by atoms with Crippen molar-refractivity contribution >= 4 is 5.96 Å². The highest BCUT2D eigenvalue weighted by Gasteiger charge is 2.26. The van der Waals surface area contributed by atoms with E-state index < -0.39 is 0 Å². The maximum atomic E-state index is 4.39. The molecule has 0 spiro atoms. The number of nitrogens with one attached hydrogen (secondary N) is 2. The Kier molecular flexibility index (Phi) is 6.18. The Morgan fingerprint density at radius 3 is 2.54 bits per heavy atom. The summed E-state index contributed by atoms with van der Waals surface area (Å²) < 4.78 is 2.14. The van der Waals surface area contributed by atoms with Crippen LogP contribution in [0.15, 0.2) is 23.3 Å². The Morgan fingerprint density at radius 2 is 1.92 bits per heavy atom. The molecule has 134 valence electrons. The summed E-state index contributed by atoms with van der Waals surface area (Å²) in [4.78, 5) is 7.13. The van der Waals surface area contributed by atoms with E-state index in [0.29, 0.717) is 6.04 Å². The van der Waals surface area contributed by atoms with E-state index in [1.54, 1.807) is 0 Å². The van der Waals surface area contributed by atoms with Gasteiger partial charge in [-0.25, -0.2) is 0 Å². The van der Waals surface area contributed by atoms with Crippen molar-refractivity contribution in [3.8, 4) is 0 Å². The quantitative estimate of drug-likeness (QED) is 0.658. The molecule has 1 aliphatic heterocycles. The molecular weight excluding hydrogens is 298 g/mol. The Hall–Kier alpha value is -1.49. The van der Waals surface area contributed by atoms with Crippen LogP contribution in [0.25, 0.3) is 0 Å². The van der Waals surface area contributed by atoms with Gasteiger partial charge in [0, 0.05) is 51.2 Å². The number of nitrogens with zero attached hydrogens (tertiary/aromatic N) is 3. The van der Waals surface area contributed by atoms with E-state index >= 15 is 0 Å². The third kappa shape index (κ3) is 4.53. The number of hydrogen-bond acceptors (Lipinski definition) is 2. The summed E-state index contributed by atoms with van der Waals surface area (Å²) in [6.07, 6.45) is 11.7. The van der Waals surface area contributed by atoms with Crippen molar-refractivity contribution in [2.24, 2.45) is 12.0 Å². The molecule has 3 rings (SSSR count). The van der Waals surface area contributed by atoms with E-state index in [9.17, 15) is 0 Å². The highest BCUT2D eigenvalue weighted by molar-refractivity contribution is 5.79. The number of aryl methyl sites for hydroxylation is 1. The van der Waals surface area contributed by atoms with Gasteiger partial charge in [-0.3, -0.25) is 4.99 Å². The third-order valence-corrected chi connectivity index (χ3v) is 5.67. The molecule has 1 aliphatic carbocycles. The standard InChI is InChI=1S/C19H33N5/c1-20-19(21-15-18-9-6-12-23(18)2)22-16-10-13-24(14-11-16)17-7-4-3-5-8-17/h6,9,12,16-17H,3-5,7-8,10-11,13-15H2,1-2H3,(H2,20,21,22). The SMILES string of the molecule is CN=C(NCc1cccn1C)NC1CCN(C2CCCCC2)CC1. The minimum absolute atomic E-state index is 0.546. The highest BCUT2D eigenvalue weighted by Crippen LogP contribution is 2.25. The van der Waals surface area contributed by atoms with Gasteiger partial charge in [-0.05, 0) is 37.8 Å². The van der Waals surface area contributed by atoms with Crippen LogP contribution < -0.4 is 10.6 Å². The number of guanidine groups is 1. The molecule has 0 radical (unpaired) electrons. The molecule has 0 aromatic carbocycles. The van der Waals surface area contributed by atoms with Crippen molar-refractivity contribution in [1.82, 2.24) is 20.1 Å². The molecule has 2 aliphatic rings. The van der Waals surface area contributed by atoms with Gasteiger partial charge >= 0.3 is 0 Å². The molecule has 2 fully saturated rings. The van der Waals surface area contributed by atoms with Gasteiger partial charge in [0.05, 0.1) is 6.54 Å². The summed E-state index contributed by atoms with van der Waals surface area (Å²) in [7, 11) is 3.94. The maximum Gasteiger partial charge on any atom is 0.191 e. The smallest absolute Gasteiger partial charge is 0.191 e. The van der Waals surface area contributed by atoms with Crippen LogP contribution in [0.2, 0.25) is 0 Å². The molecule has 0 amide bonds. The minimum atomic E-state index is 0.546. The van der Waals surface area contributed by atoms with Crippen LogP contribution in [0.3, 0.4) is 0 Å². The molecule has 1 saturated heterocycles. The second-order valence-electron chi connectivity index (χ2n) is 7.28. The first-order valence-corrected chi connectivity index (χ1v) is 9.57. The molecule has 5 heteroatoms. The number of aliphatic imine (C=N–C) groups is 1. The third-order valence-electron chi connectivity index (χ3n) is 5.67. The normalized spacial score (nSPS) is 21.8. The molecule has 24 heavy (non-hydrogen) atoms. The zero-order valence-corrected chi connectivity index (χ0v) is 15.3. The van der Waals surface area contributed by atoms with E-state index in [4.69, 9.17) is 0 Å². The fourth-order valence-corrected chi connectivity index (χ4v) is 4.10. The summed E-state index contributed by atoms with van der Waals surface area (Å²) in [6, 6.07) is 5.62. The van der Waals surface area contributed by atoms with Crippen LogP contribution in [-0.4, -0.2) is 47.6 Å². The Bertz CT molecular complexity index is 522. The first kappa shape index (κ1) is 17.3. The van der Waals surface area contributed by atoms with Gasteiger partial charge in [-0.1, -0.05) is 19.3 Å². The van der Waals surface area contributed by atoms with Gasteiger partial charge in [-0.2, -0.15) is 0 Å². The first-order valence-electron chi connectivity index (χ1n) is 9.57. The van der Waals surface area contributed by atoms with Crippen molar-refractivity contribution in [2.75, 3.05) is 20.1 Å². The number of aromatic nitrogens is 1. The number of rotatable bonds is 4. The predicted molar refractivity (Wildman–Crippen MR) is 100 cm³/mol.